The van der Waals surface area contributed by atoms with E-state index in [4.69, 9.17) is 0 Å². The highest BCUT2D eigenvalue weighted by atomic mass is 16.6. The molecule has 0 aliphatic rings. The average Bonchev–Trinajstić information content (AvgIpc) is 2.26. The number of carbonyl (C=O) groups is 1. The minimum atomic E-state index is -0.484. The Balaban J connectivity index is 2.95. The molecule has 0 saturated carbocycles. The Bertz CT molecular complexity index is 432. The molecule has 0 fully saturated rings. The molecular formula is C12H16N2O3. The zero-order chi connectivity index (χ0) is 13.2. The summed E-state index contributed by atoms with van der Waals surface area (Å²) < 4.78 is 0. The molecule has 0 N–H and O–H groups in total. The first-order chi connectivity index (χ1) is 7.73. The molecule has 0 aromatic heterocycles. The molecule has 0 saturated heterocycles. The van der Waals surface area contributed by atoms with Gasteiger partial charge in [-0.25, -0.2) is 0 Å². The van der Waals surface area contributed by atoms with Gasteiger partial charge in [-0.3, -0.25) is 14.9 Å². The van der Waals surface area contributed by atoms with Gasteiger partial charge in [0, 0.05) is 30.3 Å². The topological polar surface area (TPSA) is 63.5 Å². The van der Waals surface area contributed by atoms with Crippen molar-refractivity contribution in [3.05, 3.63) is 39.9 Å². The van der Waals surface area contributed by atoms with Crippen LogP contribution in [0.15, 0.2) is 24.3 Å². The molecule has 5 heteroatoms. The Labute approximate surface area is 100 Å². The molecule has 0 aliphatic heterocycles. The van der Waals surface area contributed by atoms with Gasteiger partial charge in [-0.2, -0.15) is 0 Å². The number of nitro groups is 1. The Morgan fingerprint density at radius 2 is 1.71 bits per heavy atom. The lowest BCUT2D eigenvalue weighted by molar-refractivity contribution is -0.384. The summed E-state index contributed by atoms with van der Waals surface area (Å²) in [5.74, 6) is -0.146. The molecule has 1 aromatic rings. The van der Waals surface area contributed by atoms with Crippen molar-refractivity contribution in [2.24, 2.45) is 0 Å². The molecule has 0 unspecified atom stereocenters. The number of hydrogen-bond acceptors (Lipinski definition) is 3. The molecule has 0 spiro atoms. The van der Waals surface area contributed by atoms with Crippen LogP contribution < -0.4 is 0 Å². The number of amides is 1. The Kier molecular flexibility index (Phi) is 3.50. The highest BCUT2D eigenvalue weighted by molar-refractivity contribution is 5.94. The first kappa shape index (κ1) is 13.2. The van der Waals surface area contributed by atoms with E-state index in [-0.39, 0.29) is 17.1 Å². The van der Waals surface area contributed by atoms with Crippen LogP contribution in [0, 0.1) is 10.1 Å². The molecule has 1 amide bonds. The molecular weight excluding hydrogens is 220 g/mol. The lowest BCUT2D eigenvalue weighted by Gasteiger charge is -2.32. The van der Waals surface area contributed by atoms with Crippen LogP contribution >= 0.6 is 0 Å². The van der Waals surface area contributed by atoms with Gasteiger partial charge in [-0.1, -0.05) is 0 Å². The molecule has 0 aliphatic carbocycles. The summed E-state index contributed by atoms with van der Waals surface area (Å²) in [6, 6.07) is 5.62. The van der Waals surface area contributed by atoms with Crippen molar-refractivity contribution in [1.82, 2.24) is 4.90 Å². The summed E-state index contributed by atoms with van der Waals surface area (Å²) in [5, 5.41) is 10.5. The molecule has 17 heavy (non-hydrogen) atoms. The molecule has 0 atom stereocenters. The zero-order valence-corrected chi connectivity index (χ0v) is 10.4. The van der Waals surface area contributed by atoms with Crippen molar-refractivity contribution in [1.29, 1.82) is 0 Å². The monoisotopic (exact) mass is 236 g/mol. The Morgan fingerprint density at radius 3 is 2.06 bits per heavy atom. The second-order valence-corrected chi connectivity index (χ2v) is 4.84. The van der Waals surface area contributed by atoms with Crippen molar-refractivity contribution < 1.29 is 9.72 Å². The van der Waals surface area contributed by atoms with Gasteiger partial charge in [-0.15, -0.1) is 0 Å². The lowest BCUT2D eigenvalue weighted by atomic mass is 10.1. The molecule has 1 rings (SSSR count). The minimum absolute atomic E-state index is 0.0139. The Hall–Kier alpha value is -1.91. The van der Waals surface area contributed by atoms with Gasteiger partial charge in [0.05, 0.1) is 4.92 Å². The van der Waals surface area contributed by atoms with E-state index in [1.54, 1.807) is 11.9 Å². The van der Waals surface area contributed by atoms with Gasteiger partial charge in [0.2, 0.25) is 0 Å². The van der Waals surface area contributed by atoms with Crippen molar-refractivity contribution in [3.8, 4) is 0 Å². The van der Waals surface area contributed by atoms with E-state index >= 15 is 0 Å². The van der Waals surface area contributed by atoms with Crippen LogP contribution in [-0.4, -0.2) is 28.3 Å². The maximum absolute atomic E-state index is 12.0. The smallest absolute Gasteiger partial charge is 0.269 e. The molecule has 92 valence electrons. The normalized spacial score (nSPS) is 11.1. The van der Waals surface area contributed by atoms with E-state index in [2.05, 4.69) is 0 Å². The fourth-order valence-electron chi connectivity index (χ4n) is 1.22. The van der Waals surface area contributed by atoms with Crippen molar-refractivity contribution in [2.75, 3.05) is 7.05 Å². The maximum atomic E-state index is 12.0. The predicted octanol–water partition coefficient (Wildman–Crippen LogP) is 2.47. The molecule has 5 nitrogen and oxygen atoms in total. The van der Waals surface area contributed by atoms with Gasteiger partial charge >= 0.3 is 0 Å². The predicted molar refractivity (Wildman–Crippen MR) is 64.9 cm³/mol. The van der Waals surface area contributed by atoms with Gasteiger partial charge in [0.15, 0.2) is 0 Å². The minimum Gasteiger partial charge on any atom is -0.337 e. The second-order valence-electron chi connectivity index (χ2n) is 4.84. The number of hydrogen-bond donors (Lipinski definition) is 0. The van der Waals surface area contributed by atoms with Crippen molar-refractivity contribution >= 4 is 11.6 Å². The summed E-state index contributed by atoms with van der Waals surface area (Å²) >= 11 is 0. The number of nitro benzene ring substituents is 1. The summed E-state index contributed by atoms with van der Waals surface area (Å²) in [6.45, 7) is 5.78. The molecule has 0 radical (unpaired) electrons. The third-order valence-corrected chi connectivity index (χ3v) is 2.64. The number of benzene rings is 1. The van der Waals surface area contributed by atoms with Gasteiger partial charge in [0.25, 0.3) is 11.6 Å². The van der Waals surface area contributed by atoms with Crippen LogP contribution in [0.25, 0.3) is 0 Å². The summed E-state index contributed by atoms with van der Waals surface area (Å²) in [6.07, 6.45) is 0. The molecule has 1 aromatic carbocycles. The summed E-state index contributed by atoms with van der Waals surface area (Å²) in [5.41, 5.74) is 0.159. The molecule has 0 heterocycles. The standard InChI is InChI=1S/C12H16N2O3/c1-12(2,3)13(4)11(15)9-5-7-10(8-6-9)14(16)17/h5-8H,1-4H3. The summed E-state index contributed by atoms with van der Waals surface area (Å²) in [7, 11) is 1.71. The van der Waals surface area contributed by atoms with E-state index in [0.717, 1.165) is 0 Å². The first-order valence-electron chi connectivity index (χ1n) is 5.26. The van der Waals surface area contributed by atoms with E-state index < -0.39 is 4.92 Å². The van der Waals surface area contributed by atoms with Gasteiger partial charge < -0.3 is 4.90 Å². The number of carbonyl (C=O) groups excluding carboxylic acids is 1. The van der Waals surface area contributed by atoms with E-state index in [1.165, 1.54) is 24.3 Å². The average molecular weight is 236 g/mol. The largest absolute Gasteiger partial charge is 0.337 e. The molecule has 0 bridgehead atoms. The first-order valence-corrected chi connectivity index (χ1v) is 5.26. The SMILES string of the molecule is CN(C(=O)c1ccc([N+](=O)[O-])cc1)C(C)(C)C. The lowest BCUT2D eigenvalue weighted by Crippen LogP contribution is -2.42. The van der Waals surface area contributed by atoms with Crippen molar-refractivity contribution in [3.63, 3.8) is 0 Å². The fraction of sp³-hybridized carbons (Fsp3) is 0.417. The van der Waals surface area contributed by atoms with Gasteiger partial charge in [-0.05, 0) is 32.9 Å². The third-order valence-electron chi connectivity index (χ3n) is 2.64. The maximum Gasteiger partial charge on any atom is 0.269 e. The number of non-ortho nitro benzene ring substituents is 1. The van der Waals surface area contributed by atoms with E-state index in [9.17, 15) is 14.9 Å². The van der Waals surface area contributed by atoms with Crippen LogP contribution in [0.1, 0.15) is 31.1 Å². The Morgan fingerprint density at radius 1 is 1.24 bits per heavy atom. The highest BCUT2D eigenvalue weighted by Crippen LogP contribution is 2.17. The van der Waals surface area contributed by atoms with Crippen LogP contribution in [0.5, 0.6) is 0 Å². The third kappa shape index (κ3) is 3.03. The number of nitrogens with zero attached hydrogens (tertiary/aromatic N) is 2. The van der Waals surface area contributed by atoms with Crippen LogP contribution in [0.4, 0.5) is 5.69 Å². The van der Waals surface area contributed by atoms with Crippen LogP contribution in [-0.2, 0) is 0 Å². The number of rotatable bonds is 2. The van der Waals surface area contributed by atoms with Crippen LogP contribution in [0.3, 0.4) is 0 Å². The highest BCUT2D eigenvalue weighted by Gasteiger charge is 2.23. The summed E-state index contributed by atoms with van der Waals surface area (Å²) in [4.78, 5) is 23.6. The van der Waals surface area contributed by atoms with E-state index in [1.807, 2.05) is 20.8 Å². The van der Waals surface area contributed by atoms with Crippen LogP contribution in [0.2, 0.25) is 0 Å². The van der Waals surface area contributed by atoms with Gasteiger partial charge in [0.1, 0.15) is 0 Å². The second kappa shape index (κ2) is 4.53. The zero-order valence-electron chi connectivity index (χ0n) is 10.4. The quantitative estimate of drug-likeness (QED) is 0.585. The van der Waals surface area contributed by atoms with E-state index in [0.29, 0.717) is 5.56 Å². The van der Waals surface area contributed by atoms with Crippen molar-refractivity contribution in [2.45, 2.75) is 26.3 Å². The fourth-order valence-corrected chi connectivity index (χ4v) is 1.22.